The first-order valence-corrected chi connectivity index (χ1v) is 7.96. The van der Waals surface area contributed by atoms with Gasteiger partial charge in [0.25, 0.3) is 0 Å². The lowest BCUT2D eigenvalue weighted by Crippen LogP contribution is -2.02. The van der Waals surface area contributed by atoms with E-state index in [-0.39, 0.29) is 22.8 Å². The fourth-order valence-corrected chi connectivity index (χ4v) is 2.80. The highest BCUT2D eigenvalue weighted by Gasteiger charge is 2.21. The molecule has 27 heavy (non-hydrogen) atoms. The lowest BCUT2D eigenvalue weighted by molar-refractivity contribution is 0.584. The number of benzene rings is 3. The van der Waals surface area contributed by atoms with Gasteiger partial charge in [-0.25, -0.2) is 17.6 Å². The van der Waals surface area contributed by atoms with E-state index < -0.39 is 23.3 Å². The highest BCUT2D eigenvalue weighted by Crippen LogP contribution is 2.31. The molecule has 0 saturated heterocycles. The molecule has 0 aliphatic heterocycles. The Bertz CT molecular complexity index is 1050. The van der Waals surface area contributed by atoms with E-state index >= 15 is 0 Å². The average molecular weight is 369 g/mol. The number of nitrogens with zero attached hydrogens (tertiary/aromatic N) is 3. The lowest BCUT2D eigenvalue weighted by atomic mass is 10.1. The van der Waals surface area contributed by atoms with Gasteiger partial charge < -0.3 is 0 Å². The number of halogens is 4. The summed E-state index contributed by atoms with van der Waals surface area (Å²) in [5, 5.41) is 7.97. The quantitative estimate of drug-likeness (QED) is 0.467. The van der Waals surface area contributed by atoms with E-state index in [4.69, 9.17) is 0 Å². The van der Waals surface area contributed by atoms with E-state index in [0.717, 1.165) is 24.3 Å². The van der Waals surface area contributed by atoms with Gasteiger partial charge in [0.2, 0.25) is 0 Å². The maximum Gasteiger partial charge on any atom is 0.171 e. The smallest absolute Gasteiger partial charge is 0.171 e. The van der Waals surface area contributed by atoms with Gasteiger partial charge in [0, 0.05) is 17.8 Å². The van der Waals surface area contributed by atoms with Gasteiger partial charge in [-0.1, -0.05) is 18.2 Å². The lowest BCUT2D eigenvalue weighted by Gasteiger charge is -2.11. The van der Waals surface area contributed by atoms with Crippen LogP contribution in [0.4, 0.5) is 17.6 Å². The molecule has 1 aromatic heterocycles. The van der Waals surface area contributed by atoms with Crippen LogP contribution in [0.3, 0.4) is 0 Å². The van der Waals surface area contributed by atoms with Crippen LogP contribution in [-0.2, 0) is 0 Å². The Labute approximate surface area is 151 Å². The van der Waals surface area contributed by atoms with Crippen LogP contribution in [0.5, 0.6) is 0 Å². The SMILES string of the molecule is Fc1ccc(-c2nnc(-c3ccc(F)cc3F)n2-c2ccccc2)c(F)c1. The zero-order valence-corrected chi connectivity index (χ0v) is 13.7. The van der Waals surface area contributed by atoms with Crippen molar-refractivity contribution in [2.24, 2.45) is 0 Å². The minimum absolute atomic E-state index is 0.00141. The first kappa shape index (κ1) is 17.0. The van der Waals surface area contributed by atoms with Crippen molar-refractivity contribution in [3.05, 3.63) is 90.0 Å². The highest BCUT2D eigenvalue weighted by atomic mass is 19.1. The third-order valence-corrected chi connectivity index (χ3v) is 4.02. The Morgan fingerprint density at radius 3 is 1.52 bits per heavy atom. The molecule has 0 bridgehead atoms. The second-order valence-corrected chi connectivity index (χ2v) is 5.77. The summed E-state index contributed by atoms with van der Waals surface area (Å²) in [5.74, 6) is -2.98. The van der Waals surface area contributed by atoms with Gasteiger partial charge in [-0.05, 0) is 36.4 Å². The van der Waals surface area contributed by atoms with Gasteiger partial charge in [-0.15, -0.1) is 10.2 Å². The molecular formula is C20H11F4N3. The molecule has 0 atom stereocenters. The number of rotatable bonds is 3. The van der Waals surface area contributed by atoms with Crippen LogP contribution in [0.2, 0.25) is 0 Å². The van der Waals surface area contributed by atoms with E-state index in [1.165, 1.54) is 16.7 Å². The molecule has 0 aliphatic rings. The van der Waals surface area contributed by atoms with Crippen LogP contribution >= 0.6 is 0 Å². The molecule has 3 aromatic carbocycles. The Hall–Kier alpha value is -3.48. The summed E-state index contributed by atoms with van der Waals surface area (Å²) in [4.78, 5) is 0. The maximum atomic E-state index is 14.3. The number of aromatic nitrogens is 3. The number of hydrogen-bond donors (Lipinski definition) is 0. The summed E-state index contributed by atoms with van der Waals surface area (Å²) < 4.78 is 56.7. The molecule has 7 heteroatoms. The highest BCUT2D eigenvalue weighted by molar-refractivity contribution is 5.67. The van der Waals surface area contributed by atoms with Gasteiger partial charge in [0.1, 0.15) is 23.3 Å². The molecule has 0 unspecified atom stereocenters. The molecule has 0 amide bonds. The molecule has 134 valence electrons. The molecule has 0 spiro atoms. The Morgan fingerprint density at radius 1 is 0.593 bits per heavy atom. The van der Waals surface area contributed by atoms with Crippen LogP contribution in [0.15, 0.2) is 66.7 Å². The van der Waals surface area contributed by atoms with E-state index in [1.54, 1.807) is 30.3 Å². The van der Waals surface area contributed by atoms with Crippen molar-refractivity contribution in [3.63, 3.8) is 0 Å². The van der Waals surface area contributed by atoms with Crippen LogP contribution in [-0.4, -0.2) is 14.8 Å². The normalized spacial score (nSPS) is 11.0. The van der Waals surface area contributed by atoms with Gasteiger partial charge in [-0.2, -0.15) is 0 Å². The van der Waals surface area contributed by atoms with E-state index in [2.05, 4.69) is 10.2 Å². The van der Waals surface area contributed by atoms with Gasteiger partial charge >= 0.3 is 0 Å². The number of hydrogen-bond acceptors (Lipinski definition) is 2. The molecule has 0 fully saturated rings. The maximum absolute atomic E-state index is 14.3. The summed E-state index contributed by atoms with van der Waals surface area (Å²) in [6, 6.07) is 14.8. The largest absolute Gasteiger partial charge is 0.275 e. The summed E-state index contributed by atoms with van der Waals surface area (Å²) in [7, 11) is 0. The predicted molar refractivity (Wildman–Crippen MR) is 92.1 cm³/mol. The van der Waals surface area contributed by atoms with Gasteiger partial charge in [0.05, 0.1) is 11.1 Å². The van der Waals surface area contributed by atoms with Crippen molar-refractivity contribution in [3.8, 4) is 28.5 Å². The third kappa shape index (κ3) is 3.08. The van der Waals surface area contributed by atoms with Crippen molar-refractivity contribution >= 4 is 0 Å². The van der Waals surface area contributed by atoms with Gasteiger partial charge in [0.15, 0.2) is 11.6 Å². The zero-order chi connectivity index (χ0) is 19.0. The van der Waals surface area contributed by atoms with Crippen molar-refractivity contribution in [1.82, 2.24) is 14.8 Å². The minimum Gasteiger partial charge on any atom is -0.275 e. The van der Waals surface area contributed by atoms with Crippen molar-refractivity contribution in [2.75, 3.05) is 0 Å². The molecule has 0 radical (unpaired) electrons. The van der Waals surface area contributed by atoms with Gasteiger partial charge in [-0.3, -0.25) is 4.57 Å². The standard InChI is InChI=1S/C20H11F4N3/c21-12-6-8-15(17(23)10-12)19-25-26-20(16-9-7-13(22)11-18(16)24)27(19)14-4-2-1-3-5-14/h1-11H. The summed E-state index contributed by atoms with van der Waals surface area (Å²) >= 11 is 0. The van der Waals surface area contributed by atoms with Crippen LogP contribution in [0.25, 0.3) is 28.5 Å². The second-order valence-electron chi connectivity index (χ2n) is 5.77. The molecule has 1 heterocycles. The number of para-hydroxylation sites is 1. The molecule has 4 rings (SSSR count). The second kappa shape index (κ2) is 6.68. The van der Waals surface area contributed by atoms with E-state index in [9.17, 15) is 17.6 Å². The van der Waals surface area contributed by atoms with Crippen molar-refractivity contribution in [1.29, 1.82) is 0 Å². The fourth-order valence-electron chi connectivity index (χ4n) is 2.80. The molecule has 0 saturated carbocycles. The van der Waals surface area contributed by atoms with Crippen LogP contribution in [0.1, 0.15) is 0 Å². The zero-order valence-electron chi connectivity index (χ0n) is 13.7. The van der Waals surface area contributed by atoms with Crippen LogP contribution < -0.4 is 0 Å². The van der Waals surface area contributed by atoms with Crippen molar-refractivity contribution < 1.29 is 17.6 Å². The molecule has 0 aliphatic carbocycles. The van der Waals surface area contributed by atoms with E-state index in [1.807, 2.05) is 0 Å². The molecule has 4 aromatic rings. The van der Waals surface area contributed by atoms with Crippen LogP contribution in [0, 0.1) is 23.3 Å². The fraction of sp³-hybridized carbons (Fsp3) is 0. The predicted octanol–water partition coefficient (Wildman–Crippen LogP) is 5.16. The topological polar surface area (TPSA) is 30.7 Å². The monoisotopic (exact) mass is 369 g/mol. The molecular weight excluding hydrogens is 358 g/mol. The first-order valence-electron chi connectivity index (χ1n) is 7.96. The third-order valence-electron chi connectivity index (χ3n) is 4.02. The first-order chi connectivity index (χ1) is 13.0. The van der Waals surface area contributed by atoms with Crippen molar-refractivity contribution in [2.45, 2.75) is 0 Å². The molecule has 3 nitrogen and oxygen atoms in total. The van der Waals surface area contributed by atoms with E-state index in [0.29, 0.717) is 5.69 Å². The minimum atomic E-state index is -0.828. The Kier molecular flexibility index (Phi) is 4.19. The summed E-state index contributed by atoms with van der Waals surface area (Å²) in [6.45, 7) is 0. The molecule has 0 N–H and O–H groups in total. The summed E-state index contributed by atoms with van der Waals surface area (Å²) in [5.41, 5.74) is 0.544. The average Bonchev–Trinajstić information content (AvgIpc) is 3.07. The Balaban J connectivity index is 2.00. The Morgan fingerprint density at radius 2 is 1.07 bits per heavy atom. The summed E-state index contributed by atoms with van der Waals surface area (Å²) in [6.07, 6.45) is 0.